The summed E-state index contributed by atoms with van der Waals surface area (Å²) in [6.45, 7) is 5.92. The van der Waals surface area contributed by atoms with E-state index in [9.17, 15) is 4.79 Å². The van der Waals surface area contributed by atoms with Crippen molar-refractivity contribution in [2.45, 2.75) is 39.2 Å². The van der Waals surface area contributed by atoms with Crippen LogP contribution in [0.15, 0.2) is 34.6 Å². The molecule has 3 N–H and O–H groups in total. The number of hydrogen-bond donors (Lipinski definition) is 2. The summed E-state index contributed by atoms with van der Waals surface area (Å²) in [5, 5.41) is 4.68. The highest BCUT2D eigenvalue weighted by molar-refractivity contribution is 7.13. The second-order valence-corrected chi connectivity index (χ2v) is 8.13. The van der Waals surface area contributed by atoms with E-state index in [1.54, 1.807) is 20.8 Å². The number of alkyl carbamates (subject to hydrolysis) is 1. The zero-order valence-electron chi connectivity index (χ0n) is 16.2. The van der Waals surface area contributed by atoms with Crippen LogP contribution in [0, 0.1) is 0 Å². The van der Waals surface area contributed by atoms with Crippen molar-refractivity contribution >= 4 is 40.1 Å². The van der Waals surface area contributed by atoms with Gasteiger partial charge in [-0.2, -0.15) is 4.99 Å². The zero-order chi connectivity index (χ0) is 20.6. The second kappa shape index (κ2) is 10.3. The Morgan fingerprint density at radius 3 is 2.86 bits per heavy atom. The maximum Gasteiger partial charge on any atom is 0.414 e. The number of unbranched alkanes of at least 4 members (excludes halogenated alkanes) is 1. The van der Waals surface area contributed by atoms with Crippen LogP contribution in [0.5, 0.6) is 5.75 Å². The molecule has 0 saturated heterocycles. The molecule has 0 aliphatic heterocycles. The van der Waals surface area contributed by atoms with Crippen LogP contribution in [-0.4, -0.2) is 35.1 Å². The number of halogens is 1. The largest absolute Gasteiger partial charge is 0.494 e. The minimum absolute atomic E-state index is 0.0773. The molecule has 28 heavy (non-hydrogen) atoms. The number of rotatable bonds is 7. The Hall–Kier alpha value is -2.32. The van der Waals surface area contributed by atoms with Gasteiger partial charge in [0.1, 0.15) is 11.4 Å². The lowest BCUT2D eigenvalue weighted by atomic mass is 10.2. The highest BCUT2D eigenvalue weighted by Crippen LogP contribution is 2.28. The molecule has 0 radical (unpaired) electrons. The highest BCUT2D eigenvalue weighted by atomic mass is 35.5. The van der Waals surface area contributed by atoms with Crippen LogP contribution in [0.4, 0.5) is 9.93 Å². The Morgan fingerprint density at radius 2 is 2.14 bits per heavy atom. The van der Waals surface area contributed by atoms with Crippen molar-refractivity contribution in [2.24, 2.45) is 10.7 Å². The molecule has 0 unspecified atom stereocenters. The molecule has 0 fully saturated rings. The fourth-order valence-corrected chi connectivity index (χ4v) is 3.02. The Balaban J connectivity index is 2.00. The van der Waals surface area contributed by atoms with Gasteiger partial charge >= 0.3 is 6.09 Å². The van der Waals surface area contributed by atoms with Gasteiger partial charge in [0.25, 0.3) is 0 Å². The number of ether oxygens (including phenoxy) is 2. The number of aliphatic imine (C=N–C) groups is 1. The number of nitrogens with two attached hydrogens (primary N) is 1. The fraction of sp³-hybridized carbons (Fsp3) is 0.421. The number of thiazole rings is 1. The van der Waals surface area contributed by atoms with Gasteiger partial charge in [0.15, 0.2) is 0 Å². The maximum atomic E-state index is 11.7. The number of nitrogens with zero attached hydrogens (tertiary/aromatic N) is 2. The lowest BCUT2D eigenvalue weighted by molar-refractivity contribution is 0.0562. The first-order valence-electron chi connectivity index (χ1n) is 8.86. The van der Waals surface area contributed by atoms with Crippen molar-refractivity contribution in [3.63, 3.8) is 0 Å². The predicted molar refractivity (Wildman–Crippen MR) is 114 cm³/mol. The summed E-state index contributed by atoms with van der Waals surface area (Å²) in [4.78, 5) is 20.3. The number of nitrogens with one attached hydrogen (secondary N) is 1. The standard InChI is InChI=1S/C19H25ClN4O3S/c1-19(2,3)27-18(25)24-16(21)23-17-22-15(12-28-17)13-7-6-8-14(11-13)26-10-5-4-9-20/h6-8,11-12H,4-5,9-10H2,1-3H3,(H3,21,22,23,24,25). The van der Waals surface area contributed by atoms with Crippen LogP contribution >= 0.6 is 22.9 Å². The molecule has 0 spiro atoms. The number of amides is 1. The van der Waals surface area contributed by atoms with Crippen LogP contribution in [0.1, 0.15) is 33.6 Å². The van der Waals surface area contributed by atoms with Crippen molar-refractivity contribution in [1.82, 2.24) is 10.3 Å². The topological polar surface area (TPSA) is 98.8 Å². The third-order valence-corrected chi connectivity index (χ3v) is 4.27. The van der Waals surface area contributed by atoms with E-state index in [4.69, 9.17) is 26.8 Å². The number of hydrogen-bond acceptors (Lipinski definition) is 6. The van der Waals surface area contributed by atoms with Gasteiger partial charge in [0.2, 0.25) is 11.1 Å². The molecular weight excluding hydrogens is 400 g/mol. The van der Waals surface area contributed by atoms with Crippen molar-refractivity contribution < 1.29 is 14.3 Å². The Morgan fingerprint density at radius 1 is 1.36 bits per heavy atom. The van der Waals surface area contributed by atoms with E-state index in [-0.39, 0.29) is 5.96 Å². The number of carbonyl (C=O) groups excluding carboxylic acids is 1. The van der Waals surface area contributed by atoms with Crippen molar-refractivity contribution in [2.75, 3.05) is 12.5 Å². The van der Waals surface area contributed by atoms with Gasteiger partial charge in [-0.05, 0) is 45.7 Å². The molecule has 0 saturated carbocycles. The van der Waals surface area contributed by atoms with Gasteiger partial charge in [0, 0.05) is 16.8 Å². The fourth-order valence-electron chi connectivity index (χ4n) is 2.12. The van der Waals surface area contributed by atoms with Crippen LogP contribution in [-0.2, 0) is 4.74 Å². The predicted octanol–water partition coefficient (Wildman–Crippen LogP) is 4.68. The summed E-state index contributed by atoms with van der Waals surface area (Å²) in [7, 11) is 0. The van der Waals surface area contributed by atoms with E-state index in [0.29, 0.717) is 17.6 Å². The average Bonchev–Trinajstić information content (AvgIpc) is 3.05. The normalized spacial score (nSPS) is 11.9. The van der Waals surface area contributed by atoms with Gasteiger partial charge in [-0.3, -0.25) is 5.32 Å². The van der Waals surface area contributed by atoms with Crippen molar-refractivity contribution in [3.05, 3.63) is 29.6 Å². The summed E-state index contributed by atoms with van der Waals surface area (Å²) in [6, 6.07) is 7.67. The van der Waals surface area contributed by atoms with Gasteiger partial charge < -0.3 is 15.2 Å². The molecule has 1 aromatic heterocycles. The Labute approximate surface area is 173 Å². The molecule has 9 heteroatoms. The Kier molecular flexibility index (Phi) is 8.07. The molecule has 0 aliphatic carbocycles. The minimum atomic E-state index is -0.662. The zero-order valence-corrected chi connectivity index (χ0v) is 17.8. The average molecular weight is 425 g/mol. The summed E-state index contributed by atoms with van der Waals surface area (Å²) in [5.41, 5.74) is 6.80. The molecule has 7 nitrogen and oxygen atoms in total. The number of aromatic nitrogens is 1. The minimum Gasteiger partial charge on any atom is -0.494 e. The lowest BCUT2D eigenvalue weighted by Gasteiger charge is -2.19. The number of guanidine groups is 1. The lowest BCUT2D eigenvalue weighted by Crippen LogP contribution is -2.40. The second-order valence-electron chi connectivity index (χ2n) is 6.91. The number of carbonyl (C=O) groups is 1. The number of benzene rings is 1. The SMILES string of the molecule is CC(C)(C)OC(=O)N/C(N)=N\c1nc(-c2cccc(OCCCCCl)c2)cs1. The first-order chi connectivity index (χ1) is 13.3. The van der Waals surface area contributed by atoms with Gasteiger partial charge in [0.05, 0.1) is 12.3 Å². The molecular formula is C19H25ClN4O3S. The summed E-state index contributed by atoms with van der Waals surface area (Å²) in [5.74, 6) is 1.33. The van der Waals surface area contributed by atoms with Crippen LogP contribution in [0.3, 0.4) is 0 Å². The molecule has 0 bridgehead atoms. The Bertz CT molecular complexity index is 818. The van der Waals surface area contributed by atoms with E-state index >= 15 is 0 Å². The van der Waals surface area contributed by atoms with E-state index in [2.05, 4.69) is 15.3 Å². The molecule has 0 aliphatic rings. The maximum absolute atomic E-state index is 11.7. The third kappa shape index (κ3) is 7.74. The summed E-state index contributed by atoms with van der Waals surface area (Å²) < 4.78 is 10.9. The third-order valence-electron chi connectivity index (χ3n) is 3.26. The first kappa shape index (κ1) is 22.0. The van der Waals surface area contributed by atoms with E-state index in [1.165, 1.54) is 11.3 Å². The van der Waals surface area contributed by atoms with Gasteiger partial charge in [-0.15, -0.1) is 22.9 Å². The van der Waals surface area contributed by atoms with Crippen LogP contribution in [0.2, 0.25) is 0 Å². The van der Waals surface area contributed by atoms with Crippen LogP contribution in [0.25, 0.3) is 11.3 Å². The molecule has 2 rings (SSSR count). The summed E-state index contributed by atoms with van der Waals surface area (Å²) >= 11 is 6.99. The molecule has 1 aromatic carbocycles. The van der Waals surface area contributed by atoms with E-state index in [1.807, 2.05) is 29.6 Å². The molecule has 152 valence electrons. The van der Waals surface area contributed by atoms with E-state index in [0.717, 1.165) is 29.8 Å². The molecule has 2 aromatic rings. The molecule has 1 heterocycles. The van der Waals surface area contributed by atoms with Crippen molar-refractivity contribution in [3.8, 4) is 17.0 Å². The molecule has 0 atom stereocenters. The molecule has 1 amide bonds. The summed E-state index contributed by atoms with van der Waals surface area (Å²) in [6.07, 6.45) is 1.17. The first-order valence-corrected chi connectivity index (χ1v) is 10.3. The van der Waals surface area contributed by atoms with E-state index < -0.39 is 11.7 Å². The van der Waals surface area contributed by atoms with Gasteiger partial charge in [-0.1, -0.05) is 12.1 Å². The van der Waals surface area contributed by atoms with Crippen LogP contribution < -0.4 is 15.8 Å². The smallest absolute Gasteiger partial charge is 0.414 e. The monoisotopic (exact) mass is 424 g/mol. The number of alkyl halides is 1. The highest BCUT2D eigenvalue weighted by Gasteiger charge is 2.16. The van der Waals surface area contributed by atoms with Crippen molar-refractivity contribution in [1.29, 1.82) is 0 Å². The quantitative estimate of drug-likeness (QED) is 0.291. The van der Waals surface area contributed by atoms with Gasteiger partial charge in [-0.25, -0.2) is 9.78 Å².